The van der Waals surface area contributed by atoms with Gasteiger partial charge in [-0.1, -0.05) is 46.3 Å². The summed E-state index contributed by atoms with van der Waals surface area (Å²) in [6.45, 7) is 2.61. The van der Waals surface area contributed by atoms with Crippen LogP contribution in [0.15, 0.2) is 53.0 Å². The van der Waals surface area contributed by atoms with Crippen molar-refractivity contribution in [3.63, 3.8) is 0 Å². The standard InChI is InChI=1S/C18H19BrO2/c1-18(20,14-5-4-6-15(19)11-14)12-13-9-10-21-17-8-3-2-7-16(13)17/h2-8,11,13,20H,9-10,12H2,1H3. The number of rotatable bonds is 3. The summed E-state index contributed by atoms with van der Waals surface area (Å²) in [6, 6.07) is 16.1. The predicted molar refractivity (Wildman–Crippen MR) is 87.6 cm³/mol. The highest BCUT2D eigenvalue weighted by molar-refractivity contribution is 9.10. The van der Waals surface area contributed by atoms with Crippen LogP contribution in [0.4, 0.5) is 0 Å². The van der Waals surface area contributed by atoms with Gasteiger partial charge in [-0.2, -0.15) is 0 Å². The largest absolute Gasteiger partial charge is 0.493 e. The molecule has 1 aliphatic rings. The van der Waals surface area contributed by atoms with E-state index in [1.807, 2.05) is 49.4 Å². The highest BCUT2D eigenvalue weighted by Crippen LogP contribution is 2.41. The average molecular weight is 347 g/mol. The molecule has 2 aromatic rings. The Morgan fingerprint density at radius 3 is 2.86 bits per heavy atom. The third-order valence-electron chi connectivity index (χ3n) is 4.17. The van der Waals surface area contributed by atoms with Gasteiger partial charge in [0, 0.05) is 4.47 Å². The zero-order valence-electron chi connectivity index (χ0n) is 12.1. The van der Waals surface area contributed by atoms with E-state index in [2.05, 4.69) is 22.0 Å². The third kappa shape index (κ3) is 3.14. The molecule has 0 aliphatic carbocycles. The second kappa shape index (κ2) is 5.82. The first-order valence-corrected chi connectivity index (χ1v) is 8.06. The first-order chi connectivity index (χ1) is 10.1. The maximum atomic E-state index is 10.9. The van der Waals surface area contributed by atoms with Gasteiger partial charge in [-0.25, -0.2) is 0 Å². The van der Waals surface area contributed by atoms with Crippen molar-refractivity contribution in [1.82, 2.24) is 0 Å². The molecule has 2 unspecified atom stereocenters. The van der Waals surface area contributed by atoms with Crippen molar-refractivity contribution >= 4 is 15.9 Å². The summed E-state index contributed by atoms with van der Waals surface area (Å²) in [5.74, 6) is 1.28. The van der Waals surface area contributed by atoms with Crippen LogP contribution in [0.3, 0.4) is 0 Å². The summed E-state index contributed by atoms with van der Waals surface area (Å²) < 4.78 is 6.70. The van der Waals surface area contributed by atoms with Crippen molar-refractivity contribution in [1.29, 1.82) is 0 Å². The van der Waals surface area contributed by atoms with E-state index in [0.717, 1.165) is 28.8 Å². The lowest BCUT2D eigenvalue weighted by Gasteiger charge is -2.32. The molecule has 0 saturated carbocycles. The molecule has 1 heterocycles. The maximum Gasteiger partial charge on any atom is 0.122 e. The Balaban J connectivity index is 1.86. The fourth-order valence-electron chi connectivity index (χ4n) is 3.05. The van der Waals surface area contributed by atoms with Gasteiger partial charge < -0.3 is 9.84 Å². The number of halogens is 1. The molecule has 2 aromatic carbocycles. The molecule has 0 bridgehead atoms. The Labute approximate surface area is 133 Å². The number of benzene rings is 2. The highest BCUT2D eigenvalue weighted by Gasteiger charge is 2.31. The normalized spacial score (nSPS) is 20.2. The number of hydrogen-bond donors (Lipinski definition) is 1. The van der Waals surface area contributed by atoms with Crippen LogP contribution in [0, 0.1) is 0 Å². The Morgan fingerprint density at radius 1 is 1.24 bits per heavy atom. The fourth-order valence-corrected chi connectivity index (χ4v) is 3.45. The van der Waals surface area contributed by atoms with E-state index in [-0.39, 0.29) is 0 Å². The van der Waals surface area contributed by atoms with Crippen LogP contribution in [0.1, 0.15) is 36.8 Å². The monoisotopic (exact) mass is 346 g/mol. The third-order valence-corrected chi connectivity index (χ3v) is 4.67. The van der Waals surface area contributed by atoms with Crippen molar-refractivity contribution < 1.29 is 9.84 Å². The zero-order valence-corrected chi connectivity index (χ0v) is 13.6. The number of aliphatic hydroxyl groups is 1. The maximum absolute atomic E-state index is 10.9. The van der Waals surface area contributed by atoms with Crippen molar-refractivity contribution in [2.24, 2.45) is 0 Å². The van der Waals surface area contributed by atoms with E-state index >= 15 is 0 Å². The number of hydrogen-bond acceptors (Lipinski definition) is 2. The number of ether oxygens (including phenoxy) is 1. The first kappa shape index (κ1) is 14.6. The summed E-state index contributed by atoms with van der Waals surface area (Å²) in [4.78, 5) is 0. The highest BCUT2D eigenvalue weighted by atomic mass is 79.9. The van der Waals surface area contributed by atoms with Crippen LogP contribution in [-0.4, -0.2) is 11.7 Å². The molecule has 3 heteroatoms. The lowest BCUT2D eigenvalue weighted by molar-refractivity contribution is 0.0352. The summed E-state index contributed by atoms with van der Waals surface area (Å²) >= 11 is 3.47. The Hall–Kier alpha value is -1.32. The summed E-state index contributed by atoms with van der Waals surface area (Å²) in [5.41, 5.74) is 1.30. The Bertz CT molecular complexity index is 637. The van der Waals surface area contributed by atoms with Crippen LogP contribution < -0.4 is 4.74 Å². The molecule has 110 valence electrons. The van der Waals surface area contributed by atoms with Gasteiger partial charge >= 0.3 is 0 Å². The van der Waals surface area contributed by atoms with Gasteiger partial charge in [0.2, 0.25) is 0 Å². The van der Waals surface area contributed by atoms with Crippen molar-refractivity contribution in [2.75, 3.05) is 6.61 Å². The summed E-state index contributed by atoms with van der Waals surface area (Å²) in [5, 5.41) is 10.9. The van der Waals surface area contributed by atoms with Crippen LogP contribution in [-0.2, 0) is 5.60 Å². The lowest BCUT2D eigenvalue weighted by Crippen LogP contribution is -2.27. The quantitative estimate of drug-likeness (QED) is 0.878. The van der Waals surface area contributed by atoms with Gasteiger partial charge in [0.25, 0.3) is 0 Å². The molecule has 0 fully saturated rings. The van der Waals surface area contributed by atoms with E-state index in [1.165, 1.54) is 5.56 Å². The van der Waals surface area contributed by atoms with E-state index in [1.54, 1.807) is 0 Å². The number of para-hydroxylation sites is 1. The molecule has 21 heavy (non-hydrogen) atoms. The van der Waals surface area contributed by atoms with Gasteiger partial charge in [-0.05, 0) is 55.0 Å². The molecule has 3 rings (SSSR count). The van der Waals surface area contributed by atoms with Crippen LogP contribution in [0.2, 0.25) is 0 Å². The van der Waals surface area contributed by atoms with Gasteiger partial charge in [-0.3, -0.25) is 0 Å². The topological polar surface area (TPSA) is 29.5 Å². The average Bonchev–Trinajstić information content (AvgIpc) is 2.47. The summed E-state index contributed by atoms with van der Waals surface area (Å²) in [7, 11) is 0. The molecule has 2 nitrogen and oxygen atoms in total. The minimum atomic E-state index is -0.848. The first-order valence-electron chi connectivity index (χ1n) is 7.26. The second-order valence-electron chi connectivity index (χ2n) is 5.86. The van der Waals surface area contributed by atoms with Gasteiger partial charge in [0.05, 0.1) is 12.2 Å². The van der Waals surface area contributed by atoms with Crippen LogP contribution in [0.25, 0.3) is 0 Å². The van der Waals surface area contributed by atoms with Gasteiger partial charge in [0.1, 0.15) is 5.75 Å². The van der Waals surface area contributed by atoms with E-state index in [9.17, 15) is 5.11 Å². The molecule has 1 aliphatic heterocycles. The van der Waals surface area contributed by atoms with E-state index < -0.39 is 5.60 Å². The molecule has 0 radical (unpaired) electrons. The molecule has 0 aromatic heterocycles. The lowest BCUT2D eigenvalue weighted by atomic mass is 9.80. The zero-order chi connectivity index (χ0) is 14.9. The molecule has 1 N–H and O–H groups in total. The fraction of sp³-hybridized carbons (Fsp3) is 0.333. The SMILES string of the molecule is CC(O)(CC1CCOc2ccccc21)c1cccc(Br)c1. The van der Waals surface area contributed by atoms with E-state index in [0.29, 0.717) is 12.3 Å². The molecule has 2 atom stereocenters. The minimum Gasteiger partial charge on any atom is -0.493 e. The summed E-state index contributed by atoms with van der Waals surface area (Å²) in [6.07, 6.45) is 1.64. The second-order valence-corrected chi connectivity index (χ2v) is 6.78. The molecule has 0 saturated heterocycles. The number of fused-ring (bicyclic) bond motifs is 1. The minimum absolute atomic E-state index is 0.323. The van der Waals surface area contributed by atoms with Crippen LogP contribution >= 0.6 is 15.9 Å². The predicted octanol–water partition coefficient (Wildman–Crippen LogP) is 4.61. The smallest absolute Gasteiger partial charge is 0.122 e. The molecular weight excluding hydrogens is 328 g/mol. The Kier molecular flexibility index (Phi) is 4.05. The Morgan fingerprint density at radius 2 is 2.05 bits per heavy atom. The molecule has 0 amide bonds. The molecule has 0 spiro atoms. The van der Waals surface area contributed by atoms with Crippen molar-refractivity contribution in [2.45, 2.75) is 31.3 Å². The van der Waals surface area contributed by atoms with Gasteiger partial charge in [0.15, 0.2) is 0 Å². The van der Waals surface area contributed by atoms with Crippen molar-refractivity contribution in [3.05, 3.63) is 64.1 Å². The van der Waals surface area contributed by atoms with Gasteiger partial charge in [-0.15, -0.1) is 0 Å². The van der Waals surface area contributed by atoms with Crippen LogP contribution in [0.5, 0.6) is 5.75 Å². The van der Waals surface area contributed by atoms with E-state index in [4.69, 9.17) is 4.74 Å². The molecular formula is C18H19BrO2. The van der Waals surface area contributed by atoms with Crippen molar-refractivity contribution in [3.8, 4) is 5.75 Å².